The summed E-state index contributed by atoms with van der Waals surface area (Å²) in [7, 11) is 3.20. The molecule has 1 atom stereocenters. The van der Waals surface area contributed by atoms with E-state index < -0.39 is 0 Å². The van der Waals surface area contributed by atoms with E-state index in [1.807, 2.05) is 18.3 Å². The summed E-state index contributed by atoms with van der Waals surface area (Å²) in [5, 5.41) is 9.95. The Bertz CT molecular complexity index is 775. The molecule has 0 saturated carbocycles. The van der Waals surface area contributed by atoms with Crippen molar-refractivity contribution in [1.29, 1.82) is 0 Å². The number of ether oxygens (including phenoxy) is 1. The van der Waals surface area contributed by atoms with Gasteiger partial charge in [0.05, 0.1) is 13.7 Å². The van der Waals surface area contributed by atoms with Crippen LogP contribution in [0.15, 0.2) is 36.7 Å². The predicted octanol–water partition coefficient (Wildman–Crippen LogP) is 0.1000. The molecule has 0 aliphatic carbocycles. The van der Waals surface area contributed by atoms with Gasteiger partial charge in [0.15, 0.2) is 0 Å². The molecule has 2 aromatic rings. The molecular weight excluding hydrogens is 334 g/mol. The average Bonchev–Trinajstić information content (AvgIpc) is 3.20. The Hall–Kier alpha value is -2.87. The van der Waals surface area contributed by atoms with Crippen LogP contribution in [-0.4, -0.2) is 66.3 Å². The van der Waals surface area contributed by atoms with Gasteiger partial charge in [-0.05, 0) is 24.3 Å². The summed E-state index contributed by atoms with van der Waals surface area (Å²) in [5.41, 5.74) is 1.45. The summed E-state index contributed by atoms with van der Waals surface area (Å²) >= 11 is 0. The number of methoxy groups -OCH3 is 1. The molecule has 1 aliphatic heterocycles. The molecule has 1 aromatic heterocycles. The minimum atomic E-state index is -0.389. The number of hydrogen-bond donors (Lipinski definition) is 2. The molecule has 0 spiro atoms. The van der Waals surface area contributed by atoms with Crippen molar-refractivity contribution in [1.82, 2.24) is 25.3 Å². The highest BCUT2D eigenvalue weighted by Crippen LogP contribution is 2.22. The van der Waals surface area contributed by atoms with Crippen LogP contribution in [0.5, 0.6) is 5.75 Å². The fourth-order valence-electron chi connectivity index (χ4n) is 3.07. The highest BCUT2D eigenvalue weighted by Gasteiger charge is 2.28. The largest absolute Gasteiger partial charge is 0.496 e. The van der Waals surface area contributed by atoms with E-state index in [1.165, 1.54) is 0 Å². The quantitative estimate of drug-likeness (QED) is 0.792. The van der Waals surface area contributed by atoms with E-state index in [0.29, 0.717) is 37.5 Å². The molecule has 0 radical (unpaired) electrons. The first-order chi connectivity index (χ1) is 12.6. The van der Waals surface area contributed by atoms with E-state index in [4.69, 9.17) is 4.74 Å². The third-order valence-corrected chi connectivity index (χ3v) is 4.44. The van der Waals surface area contributed by atoms with E-state index in [1.54, 1.807) is 42.1 Å². The van der Waals surface area contributed by atoms with Gasteiger partial charge in [0.25, 0.3) is 5.91 Å². The number of hydrogen-bond acceptors (Lipinski definition) is 5. The number of carbonyl (C=O) groups is 2. The fraction of sp³-hybridized carbons (Fsp3) is 0.389. The zero-order valence-corrected chi connectivity index (χ0v) is 14.9. The van der Waals surface area contributed by atoms with E-state index >= 15 is 0 Å². The van der Waals surface area contributed by atoms with E-state index in [9.17, 15) is 9.59 Å². The monoisotopic (exact) mass is 357 g/mol. The van der Waals surface area contributed by atoms with Crippen LogP contribution in [0.25, 0.3) is 0 Å². The Kier molecular flexibility index (Phi) is 5.52. The number of carbonyl (C=O) groups excluding carboxylic acids is 2. The van der Waals surface area contributed by atoms with Crippen molar-refractivity contribution in [3.8, 4) is 5.75 Å². The van der Waals surface area contributed by atoms with Crippen LogP contribution in [0.3, 0.4) is 0 Å². The van der Waals surface area contributed by atoms with Crippen LogP contribution in [-0.2, 0) is 11.3 Å². The van der Waals surface area contributed by atoms with E-state index in [0.717, 1.165) is 5.56 Å². The average molecular weight is 357 g/mol. The van der Waals surface area contributed by atoms with Gasteiger partial charge in [-0.3, -0.25) is 14.3 Å². The number of nitrogens with zero attached hydrogens (tertiary/aromatic N) is 3. The van der Waals surface area contributed by atoms with Crippen molar-refractivity contribution in [3.05, 3.63) is 47.8 Å². The molecular formula is C18H23N5O3. The Labute approximate surface area is 152 Å². The molecule has 8 nitrogen and oxygen atoms in total. The number of benzene rings is 1. The number of rotatable bonds is 5. The Balaban J connectivity index is 1.79. The van der Waals surface area contributed by atoms with Crippen LogP contribution >= 0.6 is 0 Å². The lowest BCUT2D eigenvalue weighted by Crippen LogP contribution is -2.57. The smallest absolute Gasteiger partial charge is 0.253 e. The maximum Gasteiger partial charge on any atom is 0.253 e. The first kappa shape index (κ1) is 17.9. The molecule has 2 heterocycles. The number of piperazine rings is 1. The molecule has 1 aromatic carbocycles. The maximum atomic E-state index is 12.9. The Morgan fingerprint density at radius 3 is 2.96 bits per heavy atom. The lowest BCUT2D eigenvalue weighted by molar-refractivity contribution is -0.123. The van der Waals surface area contributed by atoms with Gasteiger partial charge in [-0.15, -0.1) is 0 Å². The van der Waals surface area contributed by atoms with Crippen molar-refractivity contribution in [2.24, 2.45) is 0 Å². The number of aromatic nitrogens is 2. The molecule has 2 amide bonds. The van der Waals surface area contributed by atoms with Crippen molar-refractivity contribution in [3.63, 3.8) is 0 Å². The maximum absolute atomic E-state index is 12.9. The van der Waals surface area contributed by atoms with E-state index in [2.05, 4.69) is 15.7 Å². The van der Waals surface area contributed by atoms with Gasteiger partial charge < -0.3 is 20.3 Å². The van der Waals surface area contributed by atoms with Gasteiger partial charge in [-0.2, -0.15) is 5.10 Å². The van der Waals surface area contributed by atoms with Crippen molar-refractivity contribution >= 4 is 11.8 Å². The third kappa shape index (κ3) is 3.85. The molecule has 2 N–H and O–H groups in total. The molecule has 1 aliphatic rings. The second-order valence-corrected chi connectivity index (χ2v) is 6.10. The summed E-state index contributed by atoms with van der Waals surface area (Å²) in [6, 6.07) is 6.84. The van der Waals surface area contributed by atoms with Gasteiger partial charge in [-0.1, -0.05) is 0 Å². The summed E-state index contributed by atoms with van der Waals surface area (Å²) in [6.07, 6.45) is 3.57. The number of nitrogens with one attached hydrogen (secondary N) is 2. The molecule has 8 heteroatoms. The highest BCUT2D eigenvalue weighted by molar-refractivity contribution is 5.95. The molecule has 138 valence electrons. The third-order valence-electron chi connectivity index (χ3n) is 4.44. The van der Waals surface area contributed by atoms with Crippen LogP contribution < -0.4 is 15.4 Å². The standard InChI is InChI=1S/C18H23N5O3/c1-19-17(24)15-12-22(9-7-20-15)18(25)13-4-5-16(26-2)14(10-13)11-23-8-3-6-21-23/h3-6,8,10,15,20H,7,9,11-12H2,1-2H3,(H,19,24)/t15-/m0/s1. The van der Waals surface area contributed by atoms with Crippen LogP contribution in [0.4, 0.5) is 0 Å². The van der Waals surface area contributed by atoms with Gasteiger partial charge >= 0.3 is 0 Å². The zero-order chi connectivity index (χ0) is 18.5. The second-order valence-electron chi connectivity index (χ2n) is 6.10. The molecule has 1 saturated heterocycles. The first-order valence-corrected chi connectivity index (χ1v) is 8.51. The lowest BCUT2D eigenvalue weighted by Gasteiger charge is -2.32. The SMILES string of the molecule is CNC(=O)[C@@H]1CN(C(=O)c2ccc(OC)c(Cn3cccn3)c2)CCN1. The fourth-order valence-corrected chi connectivity index (χ4v) is 3.07. The van der Waals surface area contributed by atoms with Crippen molar-refractivity contribution < 1.29 is 14.3 Å². The van der Waals surface area contributed by atoms with Crippen molar-refractivity contribution in [2.45, 2.75) is 12.6 Å². The predicted molar refractivity (Wildman–Crippen MR) is 96.1 cm³/mol. The van der Waals surface area contributed by atoms with Gasteiger partial charge in [-0.25, -0.2) is 0 Å². The Morgan fingerprint density at radius 2 is 2.27 bits per heavy atom. The van der Waals surface area contributed by atoms with Gasteiger partial charge in [0, 0.05) is 50.2 Å². The van der Waals surface area contributed by atoms with Crippen molar-refractivity contribution in [2.75, 3.05) is 33.8 Å². The number of amides is 2. The topological polar surface area (TPSA) is 88.5 Å². The summed E-state index contributed by atoms with van der Waals surface area (Å²) < 4.78 is 7.18. The normalized spacial score (nSPS) is 17.0. The first-order valence-electron chi connectivity index (χ1n) is 8.51. The van der Waals surface area contributed by atoms with E-state index in [-0.39, 0.29) is 17.9 Å². The minimum absolute atomic E-state index is 0.0928. The zero-order valence-electron chi connectivity index (χ0n) is 14.9. The molecule has 26 heavy (non-hydrogen) atoms. The summed E-state index contributed by atoms with van der Waals surface area (Å²) in [4.78, 5) is 26.5. The van der Waals surface area contributed by atoms with Crippen LogP contribution in [0.2, 0.25) is 0 Å². The minimum Gasteiger partial charge on any atom is -0.496 e. The molecule has 0 unspecified atom stereocenters. The summed E-state index contributed by atoms with van der Waals surface area (Å²) in [5.74, 6) is 0.502. The number of likely N-dealkylation sites (N-methyl/N-ethyl adjacent to an activating group) is 1. The van der Waals surface area contributed by atoms with Gasteiger partial charge in [0.2, 0.25) is 5.91 Å². The molecule has 1 fully saturated rings. The highest BCUT2D eigenvalue weighted by atomic mass is 16.5. The summed E-state index contributed by atoms with van der Waals surface area (Å²) in [6.45, 7) is 2.01. The lowest BCUT2D eigenvalue weighted by atomic mass is 10.1. The molecule has 0 bridgehead atoms. The van der Waals surface area contributed by atoms with Gasteiger partial charge in [0.1, 0.15) is 11.8 Å². The second kappa shape index (κ2) is 8.01. The Morgan fingerprint density at radius 1 is 1.42 bits per heavy atom. The molecule has 3 rings (SSSR count). The van der Waals surface area contributed by atoms with Crippen LogP contribution in [0.1, 0.15) is 15.9 Å². The van der Waals surface area contributed by atoms with Crippen LogP contribution in [0, 0.1) is 0 Å².